The summed E-state index contributed by atoms with van der Waals surface area (Å²) in [7, 11) is 0. The van der Waals surface area contributed by atoms with Gasteiger partial charge in [0.05, 0.1) is 0 Å². The number of nitrogens with one attached hydrogen (secondary N) is 1. The van der Waals surface area contributed by atoms with Gasteiger partial charge in [0.1, 0.15) is 6.61 Å². The quantitative estimate of drug-likeness (QED) is 0.737. The van der Waals surface area contributed by atoms with Gasteiger partial charge < -0.3 is 10.1 Å². The normalized spacial score (nSPS) is 11.3. The van der Waals surface area contributed by atoms with Crippen LogP contribution >= 0.6 is 0 Å². The lowest BCUT2D eigenvalue weighted by atomic mass is 10.2. The zero-order chi connectivity index (χ0) is 12.5. The Labute approximate surface area is 104 Å². The molecule has 1 rings (SSSR count). The Morgan fingerprint density at radius 2 is 2.24 bits per heavy atom. The van der Waals surface area contributed by atoms with Gasteiger partial charge in [-0.25, -0.2) is 4.98 Å². The van der Waals surface area contributed by atoms with E-state index >= 15 is 0 Å². The molecule has 0 aliphatic rings. The lowest BCUT2D eigenvalue weighted by Crippen LogP contribution is -2.18. The largest absolute Gasteiger partial charge is 0.473 e. The Morgan fingerprint density at radius 1 is 1.41 bits per heavy atom. The van der Waals surface area contributed by atoms with Crippen LogP contribution in [0, 0.1) is 5.92 Å². The molecule has 0 atom stereocenters. The summed E-state index contributed by atoms with van der Waals surface area (Å²) in [5, 5.41) is 3.38. The minimum Gasteiger partial charge on any atom is -0.473 e. The van der Waals surface area contributed by atoms with Gasteiger partial charge >= 0.3 is 0 Å². The third kappa shape index (κ3) is 6.07. The van der Waals surface area contributed by atoms with Crippen LogP contribution in [-0.2, 0) is 6.54 Å². The van der Waals surface area contributed by atoms with E-state index in [0.29, 0.717) is 18.4 Å². The first kappa shape index (κ1) is 13.7. The summed E-state index contributed by atoms with van der Waals surface area (Å²) >= 11 is 0. The van der Waals surface area contributed by atoms with E-state index in [2.05, 4.69) is 24.1 Å². The monoisotopic (exact) mass is 234 g/mol. The molecule has 0 bridgehead atoms. The van der Waals surface area contributed by atoms with Crippen molar-refractivity contribution in [3.8, 4) is 5.88 Å². The van der Waals surface area contributed by atoms with Gasteiger partial charge in [-0.2, -0.15) is 0 Å². The lowest BCUT2D eigenvalue weighted by molar-refractivity contribution is 0.348. The number of hydrogen-bond donors (Lipinski definition) is 1. The van der Waals surface area contributed by atoms with Crippen molar-refractivity contribution in [1.82, 2.24) is 10.3 Å². The molecule has 0 aliphatic heterocycles. The molecule has 0 saturated carbocycles. The van der Waals surface area contributed by atoms with Crippen molar-refractivity contribution in [3.63, 3.8) is 0 Å². The first-order valence-electron chi connectivity index (χ1n) is 6.12. The second-order valence-electron chi connectivity index (χ2n) is 4.41. The van der Waals surface area contributed by atoms with Crippen molar-refractivity contribution in [2.24, 2.45) is 5.92 Å². The fraction of sp³-hybridized carbons (Fsp3) is 0.500. The van der Waals surface area contributed by atoms with Crippen LogP contribution in [0.4, 0.5) is 0 Å². The number of ether oxygens (including phenoxy) is 1. The van der Waals surface area contributed by atoms with Crippen molar-refractivity contribution >= 4 is 0 Å². The summed E-state index contributed by atoms with van der Waals surface area (Å²) in [4.78, 5) is 4.25. The molecule has 0 aliphatic carbocycles. The van der Waals surface area contributed by atoms with Gasteiger partial charge in [0.2, 0.25) is 5.88 Å². The fourth-order valence-corrected chi connectivity index (χ4v) is 1.34. The topological polar surface area (TPSA) is 34.1 Å². The van der Waals surface area contributed by atoms with Crippen LogP contribution in [0.15, 0.2) is 30.5 Å². The Bertz CT molecular complexity index is 331. The molecule has 0 amide bonds. The van der Waals surface area contributed by atoms with E-state index in [1.54, 1.807) is 0 Å². The predicted molar refractivity (Wildman–Crippen MR) is 71.1 cm³/mol. The minimum absolute atomic E-state index is 0.578. The van der Waals surface area contributed by atoms with E-state index in [1.165, 1.54) is 5.56 Å². The molecular formula is C14H22N2O. The summed E-state index contributed by atoms with van der Waals surface area (Å²) in [5.41, 5.74) is 1.18. The number of aromatic nitrogens is 1. The molecule has 1 aromatic heterocycles. The van der Waals surface area contributed by atoms with E-state index in [1.807, 2.05) is 37.4 Å². The highest BCUT2D eigenvalue weighted by atomic mass is 16.5. The Balaban J connectivity index is 2.34. The zero-order valence-electron chi connectivity index (χ0n) is 10.9. The average Bonchev–Trinajstić information content (AvgIpc) is 2.31. The van der Waals surface area contributed by atoms with Crippen LogP contribution in [0.2, 0.25) is 0 Å². The number of pyridine rings is 1. The van der Waals surface area contributed by atoms with E-state index in [0.717, 1.165) is 13.1 Å². The summed E-state index contributed by atoms with van der Waals surface area (Å²) < 4.78 is 5.43. The molecule has 1 aromatic rings. The second-order valence-corrected chi connectivity index (χ2v) is 4.41. The third-order valence-electron chi connectivity index (χ3n) is 2.24. The van der Waals surface area contributed by atoms with Crippen molar-refractivity contribution in [2.75, 3.05) is 13.2 Å². The van der Waals surface area contributed by atoms with Gasteiger partial charge in [0, 0.05) is 18.8 Å². The molecule has 0 aromatic carbocycles. The molecule has 0 saturated heterocycles. The van der Waals surface area contributed by atoms with E-state index in [4.69, 9.17) is 4.74 Å². The van der Waals surface area contributed by atoms with Crippen LogP contribution in [0.3, 0.4) is 0 Å². The Kier molecular flexibility index (Phi) is 6.33. The standard InChI is InChI=1S/C14H22N2O/c1-4-5-8-17-14-7-6-13(11-16-14)10-15-9-12(2)3/h4-7,11-12,15H,8-10H2,1-3H3/b5-4+. The van der Waals surface area contributed by atoms with Crippen LogP contribution in [0.1, 0.15) is 26.3 Å². The highest BCUT2D eigenvalue weighted by Crippen LogP contribution is 2.07. The number of nitrogens with zero attached hydrogens (tertiary/aromatic N) is 1. The Morgan fingerprint density at radius 3 is 2.82 bits per heavy atom. The summed E-state index contributed by atoms with van der Waals surface area (Å²) in [5.74, 6) is 1.35. The van der Waals surface area contributed by atoms with Crippen molar-refractivity contribution < 1.29 is 4.74 Å². The zero-order valence-corrected chi connectivity index (χ0v) is 10.9. The van der Waals surface area contributed by atoms with Crippen LogP contribution in [0.5, 0.6) is 5.88 Å². The first-order valence-corrected chi connectivity index (χ1v) is 6.12. The van der Waals surface area contributed by atoms with Crippen molar-refractivity contribution in [2.45, 2.75) is 27.3 Å². The molecule has 0 radical (unpaired) electrons. The van der Waals surface area contributed by atoms with Crippen LogP contribution < -0.4 is 10.1 Å². The maximum absolute atomic E-state index is 5.43. The molecular weight excluding hydrogens is 212 g/mol. The Hall–Kier alpha value is -1.35. The SMILES string of the molecule is C/C=C/COc1ccc(CNCC(C)C)cn1. The number of allylic oxidation sites excluding steroid dienone is 1. The minimum atomic E-state index is 0.578. The first-order chi connectivity index (χ1) is 8.22. The predicted octanol–water partition coefficient (Wildman–Crippen LogP) is 2.78. The molecule has 0 fully saturated rings. The summed E-state index contributed by atoms with van der Waals surface area (Å²) in [6.45, 7) is 8.83. The smallest absolute Gasteiger partial charge is 0.213 e. The maximum atomic E-state index is 5.43. The molecule has 3 nitrogen and oxygen atoms in total. The second kappa shape index (κ2) is 7.85. The van der Waals surface area contributed by atoms with Crippen LogP contribution in [-0.4, -0.2) is 18.1 Å². The fourth-order valence-electron chi connectivity index (χ4n) is 1.34. The number of rotatable bonds is 7. The summed E-state index contributed by atoms with van der Waals surface area (Å²) in [6.07, 6.45) is 5.78. The van der Waals surface area contributed by atoms with Crippen molar-refractivity contribution in [3.05, 3.63) is 36.0 Å². The van der Waals surface area contributed by atoms with Gasteiger partial charge in [-0.1, -0.05) is 32.1 Å². The van der Waals surface area contributed by atoms with E-state index in [9.17, 15) is 0 Å². The van der Waals surface area contributed by atoms with E-state index in [-0.39, 0.29) is 0 Å². The van der Waals surface area contributed by atoms with Crippen molar-refractivity contribution in [1.29, 1.82) is 0 Å². The highest BCUT2D eigenvalue weighted by Gasteiger charge is 1.97. The van der Waals surface area contributed by atoms with E-state index < -0.39 is 0 Å². The van der Waals surface area contributed by atoms with Crippen LogP contribution in [0.25, 0.3) is 0 Å². The molecule has 1 heterocycles. The molecule has 94 valence electrons. The summed E-state index contributed by atoms with van der Waals surface area (Å²) in [6, 6.07) is 3.96. The third-order valence-corrected chi connectivity index (χ3v) is 2.24. The molecule has 17 heavy (non-hydrogen) atoms. The molecule has 3 heteroatoms. The van der Waals surface area contributed by atoms with Gasteiger partial charge in [-0.3, -0.25) is 0 Å². The lowest BCUT2D eigenvalue weighted by Gasteiger charge is -2.07. The average molecular weight is 234 g/mol. The maximum Gasteiger partial charge on any atom is 0.213 e. The number of hydrogen-bond acceptors (Lipinski definition) is 3. The van der Waals surface area contributed by atoms with Gasteiger partial charge in [0.15, 0.2) is 0 Å². The molecule has 1 N–H and O–H groups in total. The van der Waals surface area contributed by atoms with Gasteiger partial charge in [-0.05, 0) is 24.9 Å². The van der Waals surface area contributed by atoms with Gasteiger partial charge in [-0.15, -0.1) is 0 Å². The van der Waals surface area contributed by atoms with Gasteiger partial charge in [0.25, 0.3) is 0 Å². The molecule has 0 spiro atoms. The molecule has 0 unspecified atom stereocenters. The highest BCUT2D eigenvalue weighted by molar-refractivity contribution is 5.17.